The van der Waals surface area contributed by atoms with Gasteiger partial charge in [-0.3, -0.25) is 14.9 Å². The van der Waals surface area contributed by atoms with E-state index in [4.69, 9.17) is 21.1 Å². The van der Waals surface area contributed by atoms with Crippen LogP contribution in [0.5, 0.6) is 11.5 Å². The van der Waals surface area contributed by atoms with Gasteiger partial charge in [0.05, 0.1) is 15.5 Å². The van der Waals surface area contributed by atoms with Crippen LogP contribution in [0.4, 0.5) is 18.9 Å². The second-order valence-corrected chi connectivity index (χ2v) is 6.06. The molecule has 0 atom stereocenters. The van der Waals surface area contributed by atoms with E-state index >= 15 is 0 Å². The molecule has 2 aromatic rings. The number of nitrogens with zero attached hydrogens (tertiary/aromatic N) is 1. The third-order valence-electron chi connectivity index (χ3n) is 3.49. The fourth-order valence-electron chi connectivity index (χ4n) is 2.19. The fourth-order valence-corrected chi connectivity index (χ4v) is 2.40. The molecule has 160 valence electrons. The minimum atomic E-state index is -4.60. The molecule has 8 nitrogen and oxygen atoms in total. The largest absolute Gasteiger partial charge is 0.462 e. The summed E-state index contributed by atoms with van der Waals surface area (Å²) in [5, 5.41) is 10.8. The third kappa shape index (κ3) is 6.08. The molecule has 30 heavy (non-hydrogen) atoms. The summed E-state index contributed by atoms with van der Waals surface area (Å²) in [5.74, 6) is -1.94. The Morgan fingerprint density at radius 3 is 2.33 bits per heavy atom. The molecule has 0 radical (unpaired) electrons. The highest BCUT2D eigenvalue weighted by Crippen LogP contribution is 2.37. The number of halogens is 4. The van der Waals surface area contributed by atoms with Gasteiger partial charge in [-0.15, -0.1) is 0 Å². The van der Waals surface area contributed by atoms with Crippen LogP contribution in [-0.4, -0.2) is 30.1 Å². The quantitative estimate of drug-likeness (QED) is 0.260. The Hall–Kier alpha value is -3.34. The average molecular weight is 448 g/mol. The summed E-state index contributed by atoms with van der Waals surface area (Å²) in [5.41, 5.74) is -2.04. The first kappa shape index (κ1) is 22.9. The third-order valence-corrected chi connectivity index (χ3v) is 3.79. The van der Waals surface area contributed by atoms with Crippen molar-refractivity contribution in [3.63, 3.8) is 0 Å². The van der Waals surface area contributed by atoms with Crippen molar-refractivity contribution in [2.45, 2.75) is 13.1 Å². The van der Waals surface area contributed by atoms with Crippen LogP contribution in [0.1, 0.15) is 22.8 Å². The van der Waals surface area contributed by atoms with Crippen molar-refractivity contribution in [2.24, 2.45) is 0 Å². The molecule has 0 amide bonds. The van der Waals surface area contributed by atoms with Crippen LogP contribution in [0.15, 0.2) is 36.4 Å². The van der Waals surface area contributed by atoms with E-state index in [0.717, 1.165) is 37.3 Å². The molecule has 0 bridgehead atoms. The molecule has 0 aliphatic rings. The standard InChI is InChI=1S/C18H13ClF3NO7/c1-10(24)28-6-7-29-17(25)13-9-12(3-4-15(13)23(26)27)30-16-5-2-11(8-14(16)19)18(20,21)22/h2-5,8-9H,6-7H2,1H3. The number of nitro groups is 1. The molecule has 0 saturated heterocycles. The van der Waals surface area contributed by atoms with Crippen LogP contribution < -0.4 is 4.74 Å². The summed E-state index contributed by atoms with van der Waals surface area (Å²) in [6.45, 7) is 0.567. The van der Waals surface area contributed by atoms with Crippen LogP contribution in [-0.2, 0) is 20.4 Å². The Labute approximate surface area is 172 Å². The molecule has 0 heterocycles. The van der Waals surface area contributed by atoms with Gasteiger partial charge in [0, 0.05) is 19.1 Å². The molecular weight excluding hydrogens is 435 g/mol. The maximum absolute atomic E-state index is 12.7. The van der Waals surface area contributed by atoms with Crippen molar-refractivity contribution >= 4 is 29.2 Å². The lowest BCUT2D eigenvalue weighted by molar-refractivity contribution is -0.385. The number of carbonyl (C=O) groups is 2. The van der Waals surface area contributed by atoms with E-state index in [-0.39, 0.29) is 29.7 Å². The van der Waals surface area contributed by atoms with Crippen LogP contribution in [0.3, 0.4) is 0 Å². The van der Waals surface area contributed by atoms with Crippen molar-refractivity contribution < 1.29 is 41.9 Å². The van der Waals surface area contributed by atoms with E-state index in [2.05, 4.69) is 4.74 Å². The van der Waals surface area contributed by atoms with Gasteiger partial charge in [0.25, 0.3) is 5.69 Å². The zero-order chi connectivity index (χ0) is 22.5. The summed E-state index contributed by atoms with van der Waals surface area (Å²) < 4.78 is 52.9. The smallest absolute Gasteiger partial charge is 0.416 e. The van der Waals surface area contributed by atoms with Gasteiger partial charge in [-0.05, 0) is 24.3 Å². The molecule has 12 heteroatoms. The van der Waals surface area contributed by atoms with Gasteiger partial charge in [-0.2, -0.15) is 13.2 Å². The first-order chi connectivity index (χ1) is 14.0. The number of carbonyl (C=O) groups excluding carboxylic acids is 2. The highest BCUT2D eigenvalue weighted by atomic mass is 35.5. The van der Waals surface area contributed by atoms with Crippen LogP contribution in [0, 0.1) is 10.1 Å². The highest BCUT2D eigenvalue weighted by molar-refractivity contribution is 6.32. The molecular formula is C18H13ClF3NO7. The van der Waals surface area contributed by atoms with Crippen molar-refractivity contribution in [3.05, 3.63) is 62.7 Å². The Balaban J connectivity index is 2.24. The minimum absolute atomic E-state index is 0.103. The van der Waals surface area contributed by atoms with Gasteiger partial charge in [0.2, 0.25) is 0 Å². The van der Waals surface area contributed by atoms with Gasteiger partial charge >= 0.3 is 18.1 Å². The molecule has 0 aliphatic carbocycles. The second-order valence-electron chi connectivity index (χ2n) is 5.66. The van der Waals surface area contributed by atoms with Gasteiger partial charge in [-0.1, -0.05) is 11.6 Å². The summed E-state index contributed by atoms with van der Waals surface area (Å²) >= 11 is 5.81. The van der Waals surface area contributed by atoms with E-state index in [1.165, 1.54) is 0 Å². The average Bonchev–Trinajstić information content (AvgIpc) is 2.65. The van der Waals surface area contributed by atoms with Crippen LogP contribution >= 0.6 is 11.6 Å². The number of esters is 2. The van der Waals surface area contributed by atoms with Gasteiger partial charge in [-0.25, -0.2) is 4.79 Å². The van der Waals surface area contributed by atoms with Gasteiger partial charge in [0.1, 0.15) is 30.3 Å². The molecule has 0 N–H and O–H groups in total. The zero-order valence-corrected chi connectivity index (χ0v) is 16.0. The number of hydrogen-bond donors (Lipinski definition) is 0. The van der Waals surface area contributed by atoms with Crippen molar-refractivity contribution in [1.82, 2.24) is 0 Å². The van der Waals surface area contributed by atoms with E-state index in [1.54, 1.807) is 0 Å². The first-order valence-electron chi connectivity index (χ1n) is 8.12. The highest BCUT2D eigenvalue weighted by Gasteiger charge is 2.31. The lowest BCUT2D eigenvalue weighted by Crippen LogP contribution is -2.14. The van der Waals surface area contributed by atoms with E-state index in [9.17, 15) is 32.9 Å². The van der Waals surface area contributed by atoms with Crippen LogP contribution in [0.2, 0.25) is 5.02 Å². The maximum Gasteiger partial charge on any atom is 0.416 e. The molecule has 0 saturated carbocycles. The summed E-state index contributed by atoms with van der Waals surface area (Å²) in [4.78, 5) is 33.2. The SMILES string of the molecule is CC(=O)OCCOC(=O)c1cc(Oc2ccc(C(F)(F)F)cc2Cl)ccc1[N+](=O)[O-]. The number of nitro benzene ring substituents is 1. The summed E-state index contributed by atoms with van der Waals surface area (Å²) in [6, 6.07) is 5.48. The van der Waals surface area contributed by atoms with E-state index in [0.29, 0.717) is 6.07 Å². The number of ether oxygens (including phenoxy) is 3. The van der Waals surface area contributed by atoms with Crippen molar-refractivity contribution in [2.75, 3.05) is 13.2 Å². The topological polar surface area (TPSA) is 105 Å². The Kier molecular flexibility index (Phi) is 7.22. The molecule has 0 spiro atoms. The first-order valence-corrected chi connectivity index (χ1v) is 8.50. The lowest BCUT2D eigenvalue weighted by atomic mass is 10.1. The predicted octanol–water partition coefficient (Wildman–Crippen LogP) is 4.78. The number of benzene rings is 2. The molecule has 0 aromatic heterocycles. The van der Waals surface area contributed by atoms with E-state index in [1.807, 2.05) is 0 Å². The molecule has 0 unspecified atom stereocenters. The Bertz CT molecular complexity index is 979. The monoisotopic (exact) mass is 447 g/mol. The second kappa shape index (κ2) is 9.44. The van der Waals surface area contributed by atoms with Gasteiger partial charge in [0.15, 0.2) is 0 Å². The van der Waals surface area contributed by atoms with E-state index < -0.39 is 39.9 Å². The number of alkyl halides is 3. The molecule has 0 fully saturated rings. The van der Waals surface area contributed by atoms with Crippen molar-refractivity contribution in [1.29, 1.82) is 0 Å². The van der Waals surface area contributed by atoms with Gasteiger partial charge < -0.3 is 14.2 Å². The molecule has 2 rings (SSSR count). The minimum Gasteiger partial charge on any atom is -0.462 e. The zero-order valence-electron chi connectivity index (χ0n) is 15.2. The van der Waals surface area contributed by atoms with Crippen molar-refractivity contribution in [3.8, 4) is 11.5 Å². The normalized spacial score (nSPS) is 11.0. The van der Waals surface area contributed by atoms with Crippen LogP contribution in [0.25, 0.3) is 0 Å². The Morgan fingerprint density at radius 2 is 1.77 bits per heavy atom. The number of rotatable bonds is 7. The summed E-state index contributed by atoms with van der Waals surface area (Å²) in [6.07, 6.45) is -4.60. The Morgan fingerprint density at radius 1 is 1.10 bits per heavy atom. The predicted molar refractivity (Wildman–Crippen MR) is 96.5 cm³/mol. The summed E-state index contributed by atoms with van der Waals surface area (Å²) in [7, 11) is 0. The molecule has 0 aliphatic heterocycles. The number of hydrogen-bond acceptors (Lipinski definition) is 7. The lowest BCUT2D eigenvalue weighted by Gasteiger charge is -2.12. The molecule has 2 aromatic carbocycles. The fraction of sp³-hybridized carbons (Fsp3) is 0.222. The maximum atomic E-state index is 12.7.